The summed E-state index contributed by atoms with van der Waals surface area (Å²) >= 11 is 0. The highest BCUT2D eigenvalue weighted by Crippen LogP contribution is 2.35. The van der Waals surface area contributed by atoms with E-state index >= 15 is 0 Å². The number of halogens is 1. The van der Waals surface area contributed by atoms with Gasteiger partial charge in [0.2, 0.25) is 5.91 Å². The van der Waals surface area contributed by atoms with Gasteiger partial charge in [0, 0.05) is 48.2 Å². The molecule has 33 heavy (non-hydrogen) atoms. The summed E-state index contributed by atoms with van der Waals surface area (Å²) in [6.45, 7) is 7.95. The van der Waals surface area contributed by atoms with Crippen molar-refractivity contribution in [3.8, 4) is 11.1 Å². The molecule has 3 atom stereocenters. The summed E-state index contributed by atoms with van der Waals surface area (Å²) in [6, 6.07) is 5.61. The van der Waals surface area contributed by atoms with Crippen LogP contribution in [0.15, 0.2) is 42.2 Å². The number of hydrogen-bond donors (Lipinski definition) is 2. The van der Waals surface area contributed by atoms with Crippen LogP contribution in [0, 0.1) is 12.8 Å². The molecule has 7 nitrogen and oxygen atoms in total. The standard InChI is InChI=1S/C25H28FN5O2/c1-5-7-22(32)20-8-14(3)18(13-28-20)16-9-15-12-29-23(30-25(33)17-10-19(17)26)11-21(15)31(6-2)24(16)27-4/h6,8-9,11-13,17,19,22,32H,2,5,7,10H2,1,3-4H3,(H,29,30,33). The Kier molecular flexibility index (Phi) is 6.37. The van der Waals surface area contributed by atoms with Crippen LogP contribution < -0.4 is 10.8 Å². The number of aliphatic hydroxyl groups excluding tert-OH is 1. The summed E-state index contributed by atoms with van der Waals surface area (Å²) in [4.78, 5) is 25.5. The van der Waals surface area contributed by atoms with E-state index in [1.807, 2.05) is 30.5 Å². The van der Waals surface area contributed by atoms with E-state index in [-0.39, 0.29) is 12.3 Å². The molecule has 1 saturated carbocycles. The highest BCUT2D eigenvalue weighted by Gasteiger charge is 2.43. The number of pyridine rings is 3. The summed E-state index contributed by atoms with van der Waals surface area (Å²) < 4.78 is 15.0. The van der Waals surface area contributed by atoms with Gasteiger partial charge in [0.05, 0.1) is 23.2 Å². The van der Waals surface area contributed by atoms with E-state index in [4.69, 9.17) is 0 Å². The quantitative estimate of drug-likeness (QED) is 0.566. The zero-order valence-corrected chi connectivity index (χ0v) is 19.0. The first-order valence-corrected chi connectivity index (χ1v) is 11.1. The number of carbonyl (C=O) groups excluding carboxylic acids is 1. The lowest BCUT2D eigenvalue weighted by atomic mass is 10.00. The molecule has 0 bridgehead atoms. The number of alkyl halides is 1. The highest BCUT2D eigenvalue weighted by atomic mass is 19.1. The molecule has 172 valence electrons. The van der Waals surface area contributed by atoms with Gasteiger partial charge in [0.1, 0.15) is 17.5 Å². The van der Waals surface area contributed by atoms with Crippen LogP contribution in [-0.4, -0.2) is 38.8 Å². The minimum Gasteiger partial charge on any atom is -0.387 e. The topological polar surface area (TPSA) is 92.4 Å². The maximum absolute atomic E-state index is 13.2. The summed E-state index contributed by atoms with van der Waals surface area (Å²) in [5.74, 6) is -0.598. The summed E-state index contributed by atoms with van der Waals surface area (Å²) in [5.41, 5.74) is 4.78. The second kappa shape index (κ2) is 9.23. The number of aliphatic hydroxyl groups is 1. The van der Waals surface area contributed by atoms with Crippen LogP contribution in [0.4, 0.5) is 10.2 Å². The molecule has 4 rings (SSSR count). The molecule has 1 aliphatic rings. The van der Waals surface area contributed by atoms with Gasteiger partial charge in [-0.3, -0.25) is 14.8 Å². The minimum absolute atomic E-state index is 0.260. The molecule has 8 heteroatoms. The lowest BCUT2D eigenvalue weighted by Crippen LogP contribution is -2.21. The van der Waals surface area contributed by atoms with Gasteiger partial charge >= 0.3 is 0 Å². The number of nitrogens with zero attached hydrogens (tertiary/aromatic N) is 4. The summed E-state index contributed by atoms with van der Waals surface area (Å²) in [6.07, 6.45) is 5.21. The number of aromatic nitrogens is 3. The molecular weight excluding hydrogens is 421 g/mol. The molecule has 0 spiro atoms. The first-order chi connectivity index (χ1) is 15.9. The van der Waals surface area contributed by atoms with Gasteiger partial charge < -0.3 is 15.0 Å². The third-order valence-electron chi connectivity index (χ3n) is 5.96. The Morgan fingerprint density at radius 1 is 1.36 bits per heavy atom. The van der Waals surface area contributed by atoms with Crippen LogP contribution in [0.25, 0.3) is 28.2 Å². The van der Waals surface area contributed by atoms with Gasteiger partial charge in [0.25, 0.3) is 0 Å². The predicted octanol–water partition coefficient (Wildman–Crippen LogP) is 4.17. The number of aryl methyl sites for hydroxylation is 1. The van der Waals surface area contributed by atoms with Crippen LogP contribution in [-0.2, 0) is 4.79 Å². The third kappa shape index (κ3) is 4.43. The smallest absolute Gasteiger partial charge is 0.231 e. The van der Waals surface area contributed by atoms with E-state index in [1.165, 1.54) is 0 Å². The molecule has 1 aliphatic carbocycles. The number of nitrogens with one attached hydrogen (secondary N) is 1. The second-order valence-corrected chi connectivity index (χ2v) is 8.36. The SMILES string of the molecule is C=Cn1c(=NC)c(-c2cnc(C(O)CCC)cc2C)cc2cnc(NC(=O)C3CC3F)cc21. The van der Waals surface area contributed by atoms with Gasteiger partial charge in [-0.1, -0.05) is 19.9 Å². The number of rotatable bonds is 7. The molecule has 1 amide bonds. The highest BCUT2D eigenvalue weighted by molar-refractivity contribution is 5.96. The van der Waals surface area contributed by atoms with Crippen molar-refractivity contribution in [1.29, 1.82) is 0 Å². The molecule has 3 unspecified atom stereocenters. The molecular formula is C25H28FN5O2. The van der Waals surface area contributed by atoms with Gasteiger partial charge in [-0.15, -0.1) is 0 Å². The second-order valence-electron chi connectivity index (χ2n) is 8.36. The van der Waals surface area contributed by atoms with E-state index in [0.29, 0.717) is 23.4 Å². The van der Waals surface area contributed by atoms with Gasteiger partial charge in [0.15, 0.2) is 0 Å². The molecule has 3 aromatic heterocycles. The van der Waals surface area contributed by atoms with E-state index in [0.717, 1.165) is 34.0 Å². The van der Waals surface area contributed by atoms with Gasteiger partial charge in [-0.25, -0.2) is 9.37 Å². The zero-order chi connectivity index (χ0) is 23.7. The van der Waals surface area contributed by atoms with E-state index < -0.39 is 18.2 Å². The fourth-order valence-corrected chi connectivity index (χ4v) is 4.04. The Labute approximate surface area is 191 Å². The lowest BCUT2D eigenvalue weighted by Gasteiger charge is -2.16. The molecule has 3 heterocycles. The van der Waals surface area contributed by atoms with Crippen molar-refractivity contribution < 1.29 is 14.3 Å². The first kappa shape index (κ1) is 22.8. The Bertz CT molecular complexity index is 1300. The average molecular weight is 450 g/mol. The zero-order valence-electron chi connectivity index (χ0n) is 19.0. The molecule has 2 N–H and O–H groups in total. The Morgan fingerprint density at radius 2 is 2.12 bits per heavy atom. The number of anilines is 1. The van der Waals surface area contributed by atoms with Crippen molar-refractivity contribution in [3.05, 3.63) is 53.9 Å². The van der Waals surface area contributed by atoms with Crippen LogP contribution in [0.5, 0.6) is 0 Å². The normalized spacial score (nSPS) is 18.9. The molecule has 0 aromatic carbocycles. The van der Waals surface area contributed by atoms with Gasteiger partial charge in [-0.2, -0.15) is 0 Å². The molecule has 3 aromatic rings. The maximum atomic E-state index is 13.2. The van der Waals surface area contributed by atoms with Crippen molar-refractivity contribution in [2.45, 2.75) is 45.4 Å². The van der Waals surface area contributed by atoms with Crippen LogP contribution in [0.2, 0.25) is 0 Å². The maximum Gasteiger partial charge on any atom is 0.231 e. The molecule has 0 saturated heterocycles. The molecule has 0 radical (unpaired) electrons. The van der Waals surface area contributed by atoms with Crippen LogP contribution in [0.3, 0.4) is 0 Å². The van der Waals surface area contributed by atoms with Crippen molar-refractivity contribution in [1.82, 2.24) is 14.5 Å². The van der Waals surface area contributed by atoms with Crippen molar-refractivity contribution in [2.24, 2.45) is 10.9 Å². The Morgan fingerprint density at radius 3 is 2.73 bits per heavy atom. The summed E-state index contributed by atoms with van der Waals surface area (Å²) in [5, 5.41) is 13.8. The lowest BCUT2D eigenvalue weighted by molar-refractivity contribution is -0.117. The largest absolute Gasteiger partial charge is 0.387 e. The minimum atomic E-state index is -1.07. The molecule has 1 fully saturated rings. The fourth-order valence-electron chi connectivity index (χ4n) is 4.04. The fraction of sp³-hybridized carbons (Fsp3) is 0.360. The number of hydrogen-bond acceptors (Lipinski definition) is 5. The Hall–Kier alpha value is -3.39. The average Bonchev–Trinajstić information content (AvgIpc) is 3.54. The van der Waals surface area contributed by atoms with E-state index in [1.54, 1.807) is 31.7 Å². The number of carbonyl (C=O) groups is 1. The predicted molar refractivity (Wildman–Crippen MR) is 127 cm³/mol. The van der Waals surface area contributed by atoms with E-state index in [9.17, 15) is 14.3 Å². The van der Waals surface area contributed by atoms with Crippen LogP contribution in [0.1, 0.15) is 43.5 Å². The summed E-state index contributed by atoms with van der Waals surface area (Å²) in [7, 11) is 1.70. The number of amides is 1. The monoisotopic (exact) mass is 449 g/mol. The van der Waals surface area contributed by atoms with Crippen LogP contribution >= 0.6 is 0 Å². The van der Waals surface area contributed by atoms with Crippen molar-refractivity contribution in [2.75, 3.05) is 12.4 Å². The first-order valence-electron chi connectivity index (χ1n) is 11.1. The van der Waals surface area contributed by atoms with Crippen molar-refractivity contribution in [3.63, 3.8) is 0 Å². The Balaban J connectivity index is 1.79. The van der Waals surface area contributed by atoms with E-state index in [2.05, 4.69) is 26.9 Å². The number of fused-ring (bicyclic) bond motifs is 1. The van der Waals surface area contributed by atoms with Gasteiger partial charge in [-0.05, 0) is 37.5 Å². The van der Waals surface area contributed by atoms with Crippen molar-refractivity contribution >= 4 is 28.8 Å². The third-order valence-corrected chi connectivity index (χ3v) is 5.96. The molecule has 0 aliphatic heterocycles.